The smallest absolute Gasteiger partial charge is 0.220 e. The first kappa shape index (κ1) is 16.5. The Kier molecular flexibility index (Phi) is 6.56. The van der Waals surface area contributed by atoms with E-state index in [-0.39, 0.29) is 5.91 Å². The molecule has 0 aromatic heterocycles. The quantitative estimate of drug-likeness (QED) is 0.774. The van der Waals surface area contributed by atoms with Gasteiger partial charge in [-0.3, -0.25) is 4.79 Å². The van der Waals surface area contributed by atoms with E-state index in [1.807, 2.05) is 24.3 Å². The first-order valence-electron chi connectivity index (χ1n) is 7.30. The summed E-state index contributed by atoms with van der Waals surface area (Å²) in [5.74, 6) is 0.967. The van der Waals surface area contributed by atoms with Crippen molar-refractivity contribution in [1.29, 1.82) is 0 Å². The summed E-state index contributed by atoms with van der Waals surface area (Å²) in [6, 6.07) is 7.87. The van der Waals surface area contributed by atoms with Crippen molar-refractivity contribution < 1.29 is 9.53 Å². The summed E-state index contributed by atoms with van der Waals surface area (Å²) in [4.78, 5) is 11.8. The molecule has 0 unspecified atom stereocenters. The van der Waals surface area contributed by atoms with Gasteiger partial charge in [0.05, 0.1) is 7.11 Å². The first-order valence-corrected chi connectivity index (χ1v) is 7.30. The Morgan fingerprint density at radius 2 is 2.05 bits per heavy atom. The van der Waals surface area contributed by atoms with Gasteiger partial charge in [-0.25, -0.2) is 0 Å². The predicted molar refractivity (Wildman–Crippen MR) is 83.0 cm³/mol. The largest absolute Gasteiger partial charge is 0.497 e. The van der Waals surface area contributed by atoms with E-state index in [0.29, 0.717) is 11.8 Å². The summed E-state index contributed by atoms with van der Waals surface area (Å²) in [7, 11) is 1.65. The van der Waals surface area contributed by atoms with Crippen molar-refractivity contribution in [2.24, 2.45) is 5.41 Å². The van der Waals surface area contributed by atoms with E-state index >= 15 is 0 Å². The van der Waals surface area contributed by atoms with Gasteiger partial charge in [-0.1, -0.05) is 32.9 Å². The van der Waals surface area contributed by atoms with Crippen LogP contribution < -0.4 is 10.1 Å². The number of methoxy groups -OCH3 is 1. The third-order valence-corrected chi connectivity index (χ3v) is 3.20. The SMILES string of the molecule is COc1cccc(CCC(=O)NCCCC(C)(C)C)c1. The fourth-order valence-electron chi connectivity index (χ4n) is 2.02. The Balaban J connectivity index is 2.22. The second kappa shape index (κ2) is 7.93. The van der Waals surface area contributed by atoms with Gasteiger partial charge in [-0.2, -0.15) is 0 Å². The second-order valence-electron chi connectivity index (χ2n) is 6.37. The van der Waals surface area contributed by atoms with Crippen molar-refractivity contribution >= 4 is 5.91 Å². The molecule has 0 fully saturated rings. The van der Waals surface area contributed by atoms with E-state index in [4.69, 9.17) is 4.74 Å². The fourth-order valence-corrected chi connectivity index (χ4v) is 2.02. The van der Waals surface area contributed by atoms with Crippen molar-refractivity contribution in [2.75, 3.05) is 13.7 Å². The molecule has 0 heterocycles. The summed E-state index contributed by atoms with van der Waals surface area (Å²) in [6.45, 7) is 7.43. The molecular weight excluding hydrogens is 250 g/mol. The molecule has 0 radical (unpaired) electrons. The van der Waals surface area contributed by atoms with Gasteiger partial charge < -0.3 is 10.1 Å². The zero-order chi connectivity index (χ0) is 15.0. The van der Waals surface area contributed by atoms with Crippen molar-refractivity contribution in [3.63, 3.8) is 0 Å². The molecule has 1 N–H and O–H groups in total. The number of ether oxygens (including phenoxy) is 1. The van der Waals surface area contributed by atoms with Crippen LogP contribution in [0.5, 0.6) is 5.75 Å². The summed E-state index contributed by atoms with van der Waals surface area (Å²) in [6.07, 6.45) is 3.45. The van der Waals surface area contributed by atoms with Gasteiger partial charge in [0.2, 0.25) is 5.91 Å². The van der Waals surface area contributed by atoms with Crippen LogP contribution in [0.1, 0.15) is 45.6 Å². The second-order valence-corrected chi connectivity index (χ2v) is 6.37. The number of amides is 1. The van der Waals surface area contributed by atoms with E-state index in [1.54, 1.807) is 7.11 Å². The van der Waals surface area contributed by atoms with E-state index in [9.17, 15) is 4.79 Å². The van der Waals surface area contributed by atoms with E-state index in [0.717, 1.165) is 37.1 Å². The average Bonchev–Trinajstić information content (AvgIpc) is 2.40. The number of carbonyl (C=O) groups is 1. The number of aryl methyl sites for hydroxylation is 1. The number of hydrogen-bond acceptors (Lipinski definition) is 2. The highest BCUT2D eigenvalue weighted by atomic mass is 16.5. The Morgan fingerprint density at radius 3 is 2.70 bits per heavy atom. The molecule has 0 saturated carbocycles. The Bertz CT molecular complexity index is 421. The Labute approximate surface area is 122 Å². The molecule has 1 rings (SSSR count). The molecule has 3 heteroatoms. The predicted octanol–water partition coefficient (Wildman–Crippen LogP) is 3.57. The number of hydrogen-bond donors (Lipinski definition) is 1. The maximum atomic E-state index is 11.8. The number of benzene rings is 1. The van der Waals surface area contributed by atoms with Gasteiger partial charge in [0.25, 0.3) is 0 Å². The minimum absolute atomic E-state index is 0.127. The minimum atomic E-state index is 0.127. The van der Waals surface area contributed by atoms with Crippen LogP contribution in [0.4, 0.5) is 0 Å². The molecule has 0 aliphatic rings. The first-order chi connectivity index (χ1) is 9.40. The number of carbonyl (C=O) groups excluding carboxylic acids is 1. The van der Waals surface area contributed by atoms with Gasteiger partial charge in [0, 0.05) is 13.0 Å². The third kappa shape index (κ3) is 7.17. The molecule has 0 bridgehead atoms. The lowest BCUT2D eigenvalue weighted by Gasteiger charge is -2.17. The molecular formula is C17H27NO2. The van der Waals surface area contributed by atoms with Crippen molar-refractivity contribution in [3.8, 4) is 5.75 Å². The lowest BCUT2D eigenvalue weighted by Crippen LogP contribution is -2.25. The van der Waals surface area contributed by atoms with Gasteiger partial charge in [-0.15, -0.1) is 0 Å². The molecule has 20 heavy (non-hydrogen) atoms. The van der Waals surface area contributed by atoms with Gasteiger partial charge in [-0.05, 0) is 42.4 Å². The third-order valence-electron chi connectivity index (χ3n) is 3.20. The summed E-state index contributed by atoms with van der Waals surface area (Å²) >= 11 is 0. The van der Waals surface area contributed by atoms with Gasteiger partial charge in [0.15, 0.2) is 0 Å². The highest BCUT2D eigenvalue weighted by Crippen LogP contribution is 2.19. The fraction of sp³-hybridized carbons (Fsp3) is 0.588. The molecule has 0 saturated heterocycles. The molecule has 1 aromatic carbocycles. The monoisotopic (exact) mass is 277 g/mol. The van der Waals surface area contributed by atoms with Crippen molar-refractivity contribution in [3.05, 3.63) is 29.8 Å². The van der Waals surface area contributed by atoms with Crippen LogP contribution in [0.15, 0.2) is 24.3 Å². The van der Waals surface area contributed by atoms with Crippen LogP contribution in [0, 0.1) is 5.41 Å². The number of nitrogens with one attached hydrogen (secondary N) is 1. The molecule has 0 atom stereocenters. The van der Waals surface area contributed by atoms with Crippen LogP contribution in [-0.2, 0) is 11.2 Å². The van der Waals surface area contributed by atoms with Crippen molar-refractivity contribution in [2.45, 2.75) is 46.5 Å². The lowest BCUT2D eigenvalue weighted by atomic mass is 9.91. The normalized spacial score (nSPS) is 11.2. The highest BCUT2D eigenvalue weighted by molar-refractivity contribution is 5.76. The van der Waals surface area contributed by atoms with E-state index in [2.05, 4.69) is 26.1 Å². The zero-order valence-electron chi connectivity index (χ0n) is 13.2. The summed E-state index contributed by atoms with van der Waals surface area (Å²) < 4.78 is 5.17. The molecule has 3 nitrogen and oxygen atoms in total. The molecule has 112 valence electrons. The standard InChI is InChI=1S/C17H27NO2/c1-17(2,3)11-6-12-18-16(19)10-9-14-7-5-8-15(13-14)20-4/h5,7-8,13H,6,9-12H2,1-4H3,(H,18,19). The molecule has 0 aliphatic carbocycles. The summed E-state index contributed by atoms with van der Waals surface area (Å²) in [5, 5.41) is 2.98. The molecule has 1 aromatic rings. The summed E-state index contributed by atoms with van der Waals surface area (Å²) in [5.41, 5.74) is 1.47. The highest BCUT2D eigenvalue weighted by Gasteiger charge is 2.09. The van der Waals surface area contributed by atoms with Crippen molar-refractivity contribution in [1.82, 2.24) is 5.32 Å². The maximum absolute atomic E-state index is 11.8. The zero-order valence-corrected chi connectivity index (χ0v) is 13.2. The molecule has 1 amide bonds. The van der Waals surface area contributed by atoms with Gasteiger partial charge >= 0.3 is 0 Å². The van der Waals surface area contributed by atoms with E-state index in [1.165, 1.54) is 0 Å². The van der Waals surface area contributed by atoms with Crippen LogP contribution in [0.2, 0.25) is 0 Å². The lowest BCUT2D eigenvalue weighted by molar-refractivity contribution is -0.121. The maximum Gasteiger partial charge on any atom is 0.220 e. The molecule has 0 spiro atoms. The van der Waals surface area contributed by atoms with E-state index < -0.39 is 0 Å². The number of rotatable bonds is 7. The van der Waals surface area contributed by atoms with Crippen LogP contribution in [0.25, 0.3) is 0 Å². The van der Waals surface area contributed by atoms with Gasteiger partial charge in [0.1, 0.15) is 5.75 Å². The molecule has 0 aliphatic heterocycles. The topological polar surface area (TPSA) is 38.3 Å². The Morgan fingerprint density at radius 1 is 1.30 bits per heavy atom. The van der Waals surface area contributed by atoms with Crippen LogP contribution in [0.3, 0.4) is 0 Å². The Hall–Kier alpha value is -1.51. The minimum Gasteiger partial charge on any atom is -0.497 e. The van der Waals surface area contributed by atoms with Crippen LogP contribution >= 0.6 is 0 Å². The van der Waals surface area contributed by atoms with Crippen LogP contribution in [-0.4, -0.2) is 19.6 Å². The average molecular weight is 277 g/mol.